The van der Waals surface area contributed by atoms with Crippen molar-refractivity contribution in [3.63, 3.8) is 0 Å². The second-order valence-electron chi connectivity index (χ2n) is 13.8. The molecule has 1 N–H and O–H groups in total. The number of hydrogen-bond donors (Lipinski definition) is 1. The number of para-hydroxylation sites is 2. The second kappa shape index (κ2) is 8.93. The number of nitrogens with one attached hydrogen (secondary N) is 1. The zero-order valence-corrected chi connectivity index (χ0v) is 27.0. The van der Waals surface area contributed by atoms with Crippen molar-refractivity contribution in [2.75, 3.05) is 0 Å². The number of aromatic nitrogens is 2. The molecule has 3 aromatic heterocycles. The lowest BCUT2D eigenvalue weighted by molar-refractivity contribution is 0.624. The van der Waals surface area contributed by atoms with Crippen LogP contribution in [0.3, 0.4) is 0 Å². The quantitative estimate of drug-likeness (QED) is 0.187. The number of nitrogens with zero attached hydrogens (tertiary/aromatic N) is 1. The van der Waals surface area contributed by atoms with E-state index in [4.69, 9.17) is 0 Å². The van der Waals surface area contributed by atoms with Crippen molar-refractivity contribution in [2.24, 2.45) is 0 Å². The molecule has 0 spiro atoms. The molecule has 0 atom stereocenters. The maximum Gasteiger partial charge on any atom is 0.198 e. The van der Waals surface area contributed by atoms with Gasteiger partial charge in [0.2, 0.25) is 0 Å². The molecule has 1 aliphatic heterocycles. The Morgan fingerprint density at radius 3 is 2.30 bits per heavy atom. The molecule has 11 rings (SSSR count). The van der Waals surface area contributed by atoms with Gasteiger partial charge >= 0.3 is 0 Å². The zero-order valence-electron chi connectivity index (χ0n) is 26.2. The van der Waals surface area contributed by atoms with E-state index in [2.05, 4.69) is 151 Å². The van der Waals surface area contributed by atoms with Crippen LogP contribution >= 0.6 is 11.3 Å². The van der Waals surface area contributed by atoms with Crippen molar-refractivity contribution in [2.45, 2.75) is 19.3 Å². The number of H-pyrrole nitrogens is 1. The fourth-order valence-corrected chi connectivity index (χ4v) is 10.1. The highest BCUT2D eigenvalue weighted by Crippen LogP contribution is 2.54. The lowest BCUT2D eigenvalue weighted by Crippen LogP contribution is -2.38. The third-order valence-electron chi connectivity index (χ3n) is 10.9. The molecule has 0 unspecified atom stereocenters. The first-order chi connectivity index (χ1) is 23.1. The minimum absolute atomic E-state index is 0.134. The predicted octanol–water partition coefficient (Wildman–Crippen LogP) is 9.82. The van der Waals surface area contributed by atoms with Gasteiger partial charge in [0.15, 0.2) is 7.28 Å². The minimum Gasteiger partial charge on any atom is -0.353 e. The van der Waals surface area contributed by atoms with Crippen LogP contribution in [0.15, 0.2) is 127 Å². The van der Waals surface area contributed by atoms with Crippen molar-refractivity contribution in [1.82, 2.24) is 9.55 Å². The van der Waals surface area contributed by atoms with Gasteiger partial charge in [0, 0.05) is 54.3 Å². The first kappa shape index (κ1) is 25.8. The Labute approximate surface area is 277 Å². The Bertz CT molecular complexity index is 2790. The largest absolute Gasteiger partial charge is 0.353 e. The van der Waals surface area contributed by atoms with Gasteiger partial charge in [-0.1, -0.05) is 129 Å². The number of benzene rings is 6. The van der Waals surface area contributed by atoms with E-state index in [1.165, 1.54) is 103 Å². The lowest BCUT2D eigenvalue weighted by Gasteiger charge is -2.30. The van der Waals surface area contributed by atoms with Crippen LogP contribution in [0.5, 0.6) is 0 Å². The summed E-state index contributed by atoms with van der Waals surface area (Å²) in [6.07, 6.45) is 0. The third kappa shape index (κ3) is 3.26. The maximum absolute atomic E-state index is 3.94. The van der Waals surface area contributed by atoms with Gasteiger partial charge in [0.05, 0.1) is 15.7 Å². The summed E-state index contributed by atoms with van der Waals surface area (Å²) in [5.41, 5.74) is 18.5. The Morgan fingerprint density at radius 1 is 0.638 bits per heavy atom. The number of hydrogen-bond acceptors (Lipinski definition) is 1. The highest BCUT2D eigenvalue weighted by Gasteiger charge is 2.42. The van der Waals surface area contributed by atoms with Crippen molar-refractivity contribution >= 4 is 71.7 Å². The fraction of sp³-hybridized carbons (Fsp3) is 0.0698. The molecule has 0 fully saturated rings. The van der Waals surface area contributed by atoms with Crippen LogP contribution in [0.4, 0.5) is 0 Å². The van der Waals surface area contributed by atoms with Crippen molar-refractivity contribution < 1.29 is 0 Å². The molecule has 0 saturated carbocycles. The minimum atomic E-state index is -0.134. The lowest BCUT2D eigenvalue weighted by atomic mass is 9.58. The summed E-state index contributed by atoms with van der Waals surface area (Å²) in [4.78, 5) is 3.94. The molecule has 1 aliphatic carbocycles. The van der Waals surface area contributed by atoms with Gasteiger partial charge in [-0.25, -0.2) is 0 Å². The van der Waals surface area contributed by atoms with Crippen LogP contribution in [-0.2, 0) is 5.41 Å². The molecule has 6 aromatic carbocycles. The molecule has 0 saturated heterocycles. The van der Waals surface area contributed by atoms with Gasteiger partial charge < -0.3 is 9.55 Å². The average Bonchev–Trinajstić information content (AvgIpc) is 3.83. The van der Waals surface area contributed by atoms with Gasteiger partial charge in [-0.2, -0.15) is 0 Å². The summed E-state index contributed by atoms with van der Waals surface area (Å²) in [5, 5.41) is 3.97. The molecule has 220 valence electrons. The molecule has 4 heterocycles. The van der Waals surface area contributed by atoms with Gasteiger partial charge in [0.25, 0.3) is 0 Å². The van der Waals surface area contributed by atoms with Crippen molar-refractivity contribution in [1.29, 1.82) is 0 Å². The van der Waals surface area contributed by atoms with E-state index in [0.29, 0.717) is 0 Å². The maximum atomic E-state index is 3.94. The zero-order chi connectivity index (χ0) is 31.0. The van der Waals surface area contributed by atoms with Crippen LogP contribution in [0.2, 0.25) is 0 Å². The second-order valence-corrected chi connectivity index (χ2v) is 14.8. The molecule has 2 nitrogen and oxygen atoms in total. The summed E-state index contributed by atoms with van der Waals surface area (Å²) < 4.78 is 5.32. The van der Waals surface area contributed by atoms with E-state index in [-0.39, 0.29) is 5.41 Å². The average molecular weight is 617 g/mol. The van der Waals surface area contributed by atoms with Gasteiger partial charge in [-0.05, 0) is 51.5 Å². The van der Waals surface area contributed by atoms with Crippen molar-refractivity contribution in [3.8, 4) is 39.1 Å². The standard InChI is InChI=1S/C43H29BN2S/c1-43(2)32-19-8-6-14-27(32)36-29-17-11-20-33-40(29)46(42(36)43)34-23-25(24-12-4-3-5-13-24)22-31(37(34)44-33)26-16-10-18-30-38(26)45-39-28-15-7-9-21-35(28)47-41(30)39/h3-23,44-45H,1-2H3. The SMILES string of the molecule is CC1(C)c2ccccc2-c2c1n1c3c(cccc23)Bc2c(-c3cccc4c3[nH]c3c5ccccc5sc43)cc(-c3ccccc3)cc2-1. The smallest absolute Gasteiger partial charge is 0.198 e. The number of aromatic amines is 1. The van der Waals surface area contributed by atoms with Crippen molar-refractivity contribution in [3.05, 3.63) is 139 Å². The van der Waals surface area contributed by atoms with Crippen LogP contribution < -0.4 is 10.9 Å². The third-order valence-corrected chi connectivity index (χ3v) is 12.1. The molecule has 9 aromatic rings. The van der Waals surface area contributed by atoms with Gasteiger partial charge in [0.1, 0.15) is 0 Å². The first-order valence-electron chi connectivity index (χ1n) is 16.5. The normalized spacial score (nSPS) is 14.1. The van der Waals surface area contributed by atoms with E-state index < -0.39 is 0 Å². The Morgan fingerprint density at radius 2 is 1.38 bits per heavy atom. The van der Waals surface area contributed by atoms with E-state index in [9.17, 15) is 0 Å². The first-order valence-corrected chi connectivity index (χ1v) is 17.3. The molecular weight excluding hydrogens is 587 g/mol. The van der Waals surface area contributed by atoms with Gasteiger partial charge in [-0.3, -0.25) is 0 Å². The Hall–Kier alpha value is -5.32. The molecule has 47 heavy (non-hydrogen) atoms. The molecule has 0 bridgehead atoms. The van der Waals surface area contributed by atoms with Crippen LogP contribution in [0.1, 0.15) is 25.1 Å². The predicted molar refractivity (Wildman–Crippen MR) is 203 cm³/mol. The Kier molecular flexibility index (Phi) is 4.91. The summed E-state index contributed by atoms with van der Waals surface area (Å²) in [7, 11) is 0.899. The van der Waals surface area contributed by atoms with E-state index in [1.807, 2.05) is 11.3 Å². The monoisotopic (exact) mass is 616 g/mol. The summed E-state index contributed by atoms with van der Waals surface area (Å²) in [6.45, 7) is 4.82. The summed E-state index contributed by atoms with van der Waals surface area (Å²) in [5.74, 6) is 0. The molecular formula is C43H29BN2S. The number of thiophene rings is 1. The highest BCUT2D eigenvalue weighted by atomic mass is 32.1. The van der Waals surface area contributed by atoms with Crippen LogP contribution in [0.25, 0.3) is 81.2 Å². The Balaban J connectivity index is 1.27. The van der Waals surface area contributed by atoms with Crippen LogP contribution in [0, 0.1) is 0 Å². The number of rotatable bonds is 2. The van der Waals surface area contributed by atoms with E-state index in [1.54, 1.807) is 0 Å². The topological polar surface area (TPSA) is 20.7 Å². The van der Waals surface area contributed by atoms with Gasteiger partial charge in [-0.15, -0.1) is 11.3 Å². The molecule has 4 heteroatoms. The fourth-order valence-electron chi connectivity index (χ4n) is 8.89. The van der Waals surface area contributed by atoms with E-state index in [0.717, 1.165) is 7.28 Å². The summed E-state index contributed by atoms with van der Waals surface area (Å²) in [6, 6.07) is 47.4. The summed E-state index contributed by atoms with van der Waals surface area (Å²) >= 11 is 1.89. The number of fused-ring (bicyclic) bond motifs is 12. The van der Waals surface area contributed by atoms with Crippen LogP contribution in [-0.4, -0.2) is 16.8 Å². The molecule has 0 radical (unpaired) electrons. The van der Waals surface area contributed by atoms with E-state index >= 15 is 0 Å². The molecule has 0 amide bonds. The molecule has 2 aliphatic rings. The highest BCUT2D eigenvalue weighted by molar-refractivity contribution is 7.26.